The van der Waals surface area contributed by atoms with E-state index in [0.29, 0.717) is 39.1 Å². The van der Waals surface area contributed by atoms with Crippen LogP contribution in [0.5, 0.6) is 17.2 Å². The summed E-state index contributed by atoms with van der Waals surface area (Å²) < 4.78 is 22.4. The van der Waals surface area contributed by atoms with Crippen molar-refractivity contribution in [2.24, 2.45) is 0 Å². The highest BCUT2D eigenvalue weighted by Gasteiger charge is 2.20. The number of hydrogen-bond acceptors (Lipinski definition) is 7. The smallest absolute Gasteiger partial charge is 0.231 e. The fraction of sp³-hybridized carbons (Fsp3) is 0.538. The van der Waals surface area contributed by atoms with E-state index in [1.54, 1.807) is 0 Å². The van der Waals surface area contributed by atoms with Gasteiger partial charge in [0.1, 0.15) is 12.4 Å². The number of hydrogen-bond donors (Lipinski definition) is 1. The van der Waals surface area contributed by atoms with Gasteiger partial charge in [0.05, 0.1) is 19.3 Å². The zero-order valence-corrected chi connectivity index (χ0v) is 19.7. The fourth-order valence-electron chi connectivity index (χ4n) is 4.30. The first-order valence-corrected chi connectivity index (χ1v) is 11.9. The molecule has 0 aromatic heterocycles. The number of fused-ring (bicyclic) bond motifs is 1. The lowest BCUT2D eigenvalue weighted by Gasteiger charge is -2.35. The molecule has 2 aliphatic rings. The molecule has 0 radical (unpaired) electrons. The van der Waals surface area contributed by atoms with E-state index in [9.17, 15) is 5.11 Å². The van der Waals surface area contributed by atoms with Crippen molar-refractivity contribution < 1.29 is 24.1 Å². The molecule has 1 N–H and O–H groups in total. The summed E-state index contributed by atoms with van der Waals surface area (Å²) in [5.74, 6) is 2.99. The third kappa shape index (κ3) is 6.84. The Kier molecular flexibility index (Phi) is 8.45. The molecule has 33 heavy (non-hydrogen) atoms. The van der Waals surface area contributed by atoms with Crippen LogP contribution < -0.4 is 14.2 Å². The summed E-state index contributed by atoms with van der Waals surface area (Å²) in [5.41, 5.74) is 2.44. The average Bonchev–Trinajstić information content (AvgIpc) is 3.28. The second kappa shape index (κ2) is 11.7. The van der Waals surface area contributed by atoms with Gasteiger partial charge in [-0.05, 0) is 35.2 Å². The quantitative estimate of drug-likeness (QED) is 0.521. The maximum absolute atomic E-state index is 10.4. The number of benzene rings is 2. The van der Waals surface area contributed by atoms with Gasteiger partial charge in [-0.15, -0.1) is 0 Å². The normalized spacial score (nSPS) is 17.5. The van der Waals surface area contributed by atoms with Crippen molar-refractivity contribution in [3.8, 4) is 17.2 Å². The highest BCUT2D eigenvalue weighted by molar-refractivity contribution is 5.44. The van der Waals surface area contributed by atoms with Gasteiger partial charge in [-0.25, -0.2) is 0 Å². The zero-order chi connectivity index (χ0) is 23.0. The van der Waals surface area contributed by atoms with Crippen LogP contribution in [0.1, 0.15) is 30.9 Å². The van der Waals surface area contributed by atoms with Crippen LogP contribution in [0.4, 0.5) is 0 Å². The molecule has 0 amide bonds. The van der Waals surface area contributed by atoms with Gasteiger partial charge in [-0.3, -0.25) is 9.80 Å². The summed E-state index contributed by atoms with van der Waals surface area (Å²) in [6.07, 6.45) is -0.492. The molecule has 180 valence electrons. The molecule has 4 rings (SSSR count). The van der Waals surface area contributed by atoms with Gasteiger partial charge in [-0.2, -0.15) is 0 Å². The Morgan fingerprint density at radius 3 is 2.52 bits per heavy atom. The van der Waals surface area contributed by atoms with Crippen LogP contribution >= 0.6 is 0 Å². The summed E-state index contributed by atoms with van der Waals surface area (Å²) in [6, 6.07) is 14.3. The molecule has 0 bridgehead atoms. The molecule has 0 spiro atoms. The first kappa shape index (κ1) is 23.8. The van der Waals surface area contributed by atoms with Gasteiger partial charge >= 0.3 is 0 Å². The van der Waals surface area contributed by atoms with Crippen molar-refractivity contribution in [3.63, 3.8) is 0 Å². The monoisotopic (exact) mass is 456 g/mol. The number of rotatable bonds is 11. The number of piperazine rings is 1. The maximum Gasteiger partial charge on any atom is 0.231 e. The van der Waals surface area contributed by atoms with E-state index in [1.807, 2.05) is 24.3 Å². The average molecular weight is 457 g/mol. The molecule has 2 aliphatic heterocycles. The van der Waals surface area contributed by atoms with Crippen molar-refractivity contribution in [3.05, 3.63) is 53.6 Å². The minimum atomic E-state index is -0.492. The van der Waals surface area contributed by atoms with Crippen molar-refractivity contribution in [2.45, 2.75) is 32.4 Å². The lowest BCUT2D eigenvalue weighted by molar-refractivity contribution is -0.000510. The molecular weight excluding hydrogens is 420 g/mol. The number of β-amino-alcohol motifs (C(OH)–C–C–N with tert-alkyl or cyclic N) is 1. The number of aliphatic hydroxyl groups excluding tert-OH is 1. The van der Waals surface area contributed by atoms with Crippen LogP contribution in [0.15, 0.2) is 42.5 Å². The van der Waals surface area contributed by atoms with Crippen LogP contribution in [-0.4, -0.2) is 80.3 Å². The second-order valence-corrected chi connectivity index (χ2v) is 9.03. The van der Waals surface area contributed by atoms with Crippen LogP contribution in [0.2, 0.25) is 0 Å². The molecule has 1 fully saturated rings. The molecule has 0 saturated carbocycles. The van der Waals surface area contributed by atoms with Gasteiger partial charge in [0.2, 0.25) is 6.79 Å². The molecule has 1 atom stereocenters. The standard InChI is InChI=1S/C26H36N2O5/c1-20(2)23-5-3-4-6-24(23)31-14-13-30-18-22(29)17-28-11-9-27(10-12-28)16-21-7-8-25-26(15-21)33-19-32-25/h3-8,15,20,22,29H,9-14,16-19H2,1-2H3. The maximum atomic E-state index is 10.4. The predicted molar refractivity (Wildman–Crippen MR) is 127 cm³/mol. The van der Waals surface area contributed by atoms with E-state index in [1.165, 1.54) is 11.1 Å². The summed E-state index contributed by atoms with van der Waals surface area (Å²) in [7, 11) is 0. The highest BCUT2D eigenvalue weighted by Crippen LogP contribution is 2.33. The molecule has 2 aromatic rings. The fourth-order valence-corrected chi connectivity index (χ4v) is 4.30. The highest BCUT2D eigenvalue weighted by atomic mass is 16.7. The molecule has 2 heterocycles. The Morgan fingerprint density at radius 1 is 0.939 bits per heavy atom. The first-order valence-electron chi connectivity index (χ1n) is 11.9. The summed E-state index contributed by atoms with van der Waals surface area (Å²) >= 11 is 0. The van der Waals surface area contributed by atoms with Crippen LogP contribution in [-0.2, 0) is 11.3 Å². The summed E-state index contributed by atoms with van der Waals surface area (Å²) in [4.78, 5) is 4.74. The molecule has 2 aromatic carbocycles. The number of aliphatic hydroxyl groups is 1. The van der Waals surface area contributed by atoms with Crippen molar-refractivity contribution in [1.29, 1.82) is 0 Å². The zero-order valence-electron chi connectivity index (χ0n) is 19.7. The summed E-state index contributed by atoms with van der Waals surface area (Å²) in [6.45, 7) is 11.3. The van der Waals surface area contributed by atoms with E-state index in [0.717, 1.165) is 50.0 Å². The van der Waals surface area contributed by atoms with E-state index in [4.69, 9.17) is 18.9 Å². The number of para-hydroxylation sites is 1. The number of nitrogens with zero attached hydrogens (tertiary/aromatic N) is 2. The van der Waals surface area contributed by atoms with Gasteiger partial charge in [0.15, 0.2) is 11.5 Å². The minimum Gasteiger partial charge on any atom is -0.491 e. The SMILES string of the molecule is CC(C)c1ccccc1OCCOCC(O)CN1CCN(Cc2ccc3c(c2)OCO3)CC1. The Labute approximate surface area is 196 Å². The molecule has 1 unspecified atom stereocenters. The second-order valence-electron chi connectivity index (χ2n) is 9.03. The Bertz CT molecular complexity index is 883. The predicted octanol–water partition coefficient (Wildman–Crippen LogP) is 3.11. The van der Waals surface area contributed by atoms with E-state index >= 15 is 0 Å². The lowest BCUT2D eigenvalue weighted by Crippen LogP contribution is -2.48. The Hall–Kier alpha value is -2.32. The van der Waals surface area contributed by atoms with Crippen LogP contribution in [0.25, 0.3) is 0 Å². The largest absolute Gasteiger partial charge is 0.491 e. The molecule has 7 heteroatoms. The van der Waals surface area contributed by atoms with E-state index < -0.39 is 6.10 Å². The van der Waals surface area contributed by atoms with Crippen LogP contribution in [0, 0.1) is 0 Å². The van der Waals surface area contributed by atoms with Gasteiger partial charge < -0.3 is 24.1 Å². The molecular formula is C26H36N2O5. The minimum absolute atomic E-state index is 0.308. The number of ether oxygens (including phenoxy) is 4. The third-order valence-corrected chi connectivity index (χ3v) is 6.11. The van der Waals surface area contributed by atoms with Gasteiger partial charge in [0, 0.05) is 39.3 Å². The first-order chi connectivity index (χ1) is 16.1. The van der Waals surface area contributed by atoms with Gasteiger partial charge in [0.25, 0.3) is 0 Å². The van der Waals surface area contributed by atoms with E-state index in [-0.39, 0.29) is 0 Å². The molecule has 1 saturated heterocycles. The Morgan fingerprint density at radius 2 is 1.70 bits per heavy atom. The third-order valence-electron chi connectivity index (χ3n) is 6.11. The van der Waals surface area contributed by atoms with Crippen molar-refractivity contribution in [1.82, 2.24) is 9.80 Å². The summed E-state index contributed by atoms with van der Waals surface area (Å²) in [5, 5.41) is 10.4. The topological polar surface area (TPSA) is 63.6 Å². The molecule has 7 nitrogen and oxygen atoms in total. The van der Waals surface area contributed by atoms with Gasteiger partial charge in [-0.1, -0.05) is 38.1 Å². The molecule has 0 aliphatic carbocycles. The van der Waals surface area contributed by atoms with Crippen molar-refractivity contribution in [2.75, 3.05) is 59.3 Å². The Balaban J connectivity index is 1.09. The van der Waals surface area contributed by atoms with Crippen molar-refractivity contribution >= 4 is 0 Å². The van der Waals surface area contributed by atoms with E-state index in [2.05, 4.69) is 41.8 Å². The lowest BCUT2D eigenvalue weighted by atomic mass is 10.0. The van der Waals surface area contributed by atoms with Crippen LogP contribution in [0.3, 0.4) is 0 Å².